The van der Waals surface area contributed by atoms with Gasteiger partial charge in [-0.1, -0.05) is 51.1 Å². The van der Waals surface area contributed by atoms with E-state index in [1.165, 1.54) is 5.56 Å². The Morgan fingerprint density at radius 3 is 2.52 bits per heavy atom. The van der Waals surface area contributed by atoms with Gasteiger partial charge in [0.25, 0.3) is 0 Å². The van der Waals surface area contributed by atoms with Crippen molar-refractivity contribution in [3.8, 4) is 0 Å². The maximum Gasteiger partial charge on any atom is 0.225 e. The van der Waals surface area contributed by atoms with E-state index in [0.29, 0.717) is 12.6 Å². The molecule has 2 N–H and O–H groups in total. The molecule has 118 valence electrons. The zero-order valence-corrected chi connectivity index (χ0v) is 13.9. The summed E-state index contributed by atoms with van der Waals surface area (Å²) in [5, 5.41) is 6.36. The molecule has 0 unspecified atom stereocenters. The summed E-state index contributed by atoms with van der Waals surface area (Å²) in [5.74, 6) is 0.153. The first-order valence-corrected chi connectivity index (χ1v) is 8.01. The minimum Gasteiger partial charge on any atom is -0.354 e. The molecule has 1 atom stereocenters. The summed E-state index contributed by atoms with van der Waals surface area (Å²) in [7, 11) is 0. The average Bonchev–Trinajstić information content (AvgIpc) is 2.46. The van der Waals surface area contributed by atoms with E-state index in [1.54, 1.807) is 0 Å². The number of amides is 1. The van der Waals surface area contributed by atoms with Crippen molar-refractivity contribution in [2.45, 2.75) is 53.0 Å². The van der Waals surface area contributed by atoms with E-state index in [-0.39, 0.29) is 11.3 Å². The van der Waals surface area contributed by atoms with Gasteiger partial charge in [0.15, 0.2) is 0 Å². The molecule has 0 aliphatic rings. The number of benzene rings is 1. The van der Waals surface area contributed by atoms with Crippen LogP contribution in [0.4, 0.5) is 0 Å². The number of hydrogen-bond acceptors (Lipinski definition) is 2. The van der Waals surface area contributed by atoms with E-state index in [1.807, 2.05) is 19.9 Å². The maximum absolute atomic E-state index is 12.3. The molecule has 0 aliphatic heterocycles. The summed E-state index contributed by atoms with van der Waals surface area (Å²) in [6.45, 7) is 9.85. The third-order valence-electron chi connectivity index (χ3n) is 3.85. The second-order valence-electron chi connectivity index (χ2n) is 6.39. The number of carbonyl (C=O) groups is 1. The highest BCUT2D eigenvalue weighted by molar-refractivity contribution is 5.81. The molecule has 1 amide bonds. The largest absolute Gasteiger partial charge is 0.354 e. The van der Waals surface area contributed by atoms with Crippen molar-refractivity contribution in [1.82, 2.24) is 10.6 Å². The highest BCUT2D eigenvalue weighted by Gasteiger charge is 2.26. The summed E-state index contributed by atoms with van der Waals surface area (Å²) >= 11 is 0. The molecule has 0 radical (unpaired) electrons. The van der Waals surface area contributed by atoms with Crippen molar-refractivity contribution in [2.24, 2.45) is 5.41 Å². The highest BCUT2D eigenvalue weighted by Crippen LogP contribution is 2.23. The summed E-state index contributed by atoms with van der Waals surface area (Å²) in [6, 6.07) is 10.8. The molecule has 0 fully saturated rings. The van der Waals surface area contributed by atoms with E-state index in [2.05, 4.69) is 48.7 Å². The molecule has 0 aliphatic carbocycles. The minimum absolute atomic E-state index is 0.153. The fourth-order valence-electron chi connectivity index (χ4n) is 2.40. The van der Waals surface area contributed by atoms with Crippen molar-refractivity contribution >= 4 is 5.91 Å². The molecule has 1 aromatic rings. The van der Waals surface area contributed by atoms with Crippen molar-refractivity contribution in [2.75, 3.05) is 13.1 Å². The Labute approximate surface area is 129 Å². The van der Waals surface area contributed by atoms with Gasteiger partial charge in [0.1, 0.15) is 0 Å². The molecule has 0 heterocycles. The third kappa shape index (κ3) is 6.76. The molecule has 0 aromatic heterocycles. The van der Waals surface area contributed by atoms with Gasteiger partial charge in [-0.2, -0.15) is 0 Å². The van der Waals surface area contributed by atoms with E-state index < -0.39 is 0 Å². The Kier molecular flexibility index (Phi) is 7.44. The van der Waals surface area contributed by atoms with Crippen LogP contribution in [-0.4, -0.2) is 25.0 Å². The average molecular weight is 290 g/mol. The zero-order valence-electron chi connectivity index (χ0n) is 13.9. The van der Waals surface area contributed by atoms with Crippen LogP contribution < -0.4 is 10.6 Å². The lowest BCUT2D eigenvalue weighted by molar-refractivity contribution is -0.129. The van der Waals surface area contributed by atoms with Crippen LogP contribution >= 0.6 is 0 Å². The van der Waals surface area contributed by atoms with Gasteiger partial charge in [0, 0.05) is 18.0 Å². The molecule has 1 aromatic carbocycles. The van der Waals surface area contributed by atoms with Crippen LogP contribution in [0.15, 0.2) is 30.3 Å². The summed E-state index contributed by atoms with van der Waals surface area (Å²) in [4.78, 5) is 12.3. The van der Waals surface area contributed by atoms with Gasteiger partial charge in [0.05, 0.1) is 0 Å². The summed E-state index contributed by atoms with van der Waals surface area (Å²) in [5.41, 5.74) is 1.04. The summed E-state index contributed by atoms with van der Waals surface area (Å²) in [6.07, 6.45) is 2.97. The highest BCUT2D eigenvalue weighted by atomic mass is 16.2. The molecule has 0 bridgehead atoms. The topological polar surface area (TPSA) is 41.1 Å². The van der Waals surface area contributed by atoms with Gasteiger partial charge < -0.3 is 10.6 Å². The molecular weight excluding hydrogens is 260 g/mol. The Bertz CT molecular complexity index is 414. The molecule has 0 spiro atoms. The van der Waals surface area contributed by atoms with Crippen LogP contribution in [-0.2, 0) is 11.2 Å². The smallest absolute Gasteiger partial charge is 0.225 e. The first-order valence-electron chi connectivity index (χ1n) is 8.01. The van der Waals surface area contributed by atoms with Crippen LogP contribution in [0.25, 0.3) is 0 Å². The summed E-state index contributed by atoms with van der Waals surface area (Å²) < 4.78 is 0. The molecule has 3 nitrogen and oxygen atoms in total. The van der Waals surface area contributed by atoms with Gasteiger partial charge in [-0.15, -0.1) is 0 Å². The van der Waals surface area contributed by atoms with Gasteiger partial charge in [0.2, 0.25) is 5.91 Å². The minimum atomic E-state index is -0.305. The van der Waals surface area contributed by atoms with E-state index in [0.717, 1.165) is 25.8 Å². The second kappa shape index (κ2) is 8.83. The van der Waals surface area contributed by atoms with Crippen LogP contribution in [0.1, 0.15) is 46.1 Å². The predicted molar refractivity (Wildman–Crippen MR) is 89.3 cm³/mol. The SMILES string of the molecule is CCN[C@H](C)CNC(=O)C(C)(C)CCCc1ccccc1. The molecule has 3 heteroatoms. The van der Waals surface area contributed by atoms with Crippen LogP contribution in [0, 0.1) is 5.41 Å². The molecule has 1 rings (SSSR count). The van der Waals surface area contributed by atoms with Crippen LogP contribution in [0.2, 0.25) is 0 Å². The number of nitrogens with one attached hydrogen (secondary N) is 2. The number of rotatable bonds is 9. The van der Waals surface area contributed by atoms with Crippen molar-refractivity contribution in [1.29, 1.82) is 0 Å². The van der Waals surface area contributed by atoms with Crippen molar-refractivity contribution in [3.05, 3.63) is 35.9 Å². The van der Waals surface area contributed by atoms with Gasteiger partial charge in [-0.25, -0.2) is 0 Å². The number of aryl methyl sites for hydroxylation is 1. The number of hydrogen-bond donors (Lipinski definition) is 2. The van der Waals surface area contributed by atoms with E-state index in [9.17, 15) is 4.79 Å². The lowest BCUT2D eigenvalue weighted by atomic mass is 9.85. The third-order valence-corrected chi connectivity index (χ3v) is 3.85. The van der Waals surface area contributed by atoms with Gasteiger partial charge in [-0.3, -0.25) is 4.79 Å². The van der Waals surface area contributed by atoms with Crippen LogP contribution in [0.5, 0.6) is 0 Å². The van der Waals surface area contributed by atoms with E-state index >= 15 is 0 Å². The Hall–Kier alpha value is -1.35. The van der Waals surface area contributed by atoms with Gasteiger partial charge >= 0.3 is 0 Å². The lowest BCUT2D eigenvalue weighted by Gasteiger charge is -2.25. The molecular formula is C18H30N2O. The Morgan fingerprint density at radius 1 is 1.24 bits per heavy atom. The van der Waals surface area contributed by atoms with Crippen molar-refractivity contribution < 1.29 is 4.79 Å². The van der Waals surface area contributed by atoms with E-state index in [4.69, 9.17) is 0 Å². The normalized spacial score (nSPS) is 13.0. The quantitative estimate of drug-likeness (QED) is 0.733. The number of carbonyl (C=O) groups excluding carboxylic acids is 1. The Morgan fingerprint density at radius 2 is 1.90 bits per heavy atom. The molecule has 21 heavy (non-hydrogen) atoms. The fraction of sp³-hybridized carbons (Fsp3) is 0.611. The second-order valence-corrected chi connectivity index (χ2v) is 6.39. The lowest BCUT2D eigenvalue weighted by Crippen LogP contribution is -2.43. The predicted octanol–water partition coefficient (Wildman–Crippen LogP) is 3.15. The standard InChI is InChI=1S/C18H30N2O/c1-5-19-15(2)14-20-17(21)18(3,4)13-9-12-16-10-7-6-8-11-16/h6-8,10-11,15,19H,5,9,12-14H2,1-4H3,(H,20,21)/t15-/m1/s1. The first-order chi connectivity index (χ1) is 9.95. The first kappa shape index (κ1) is 17.7. The van der Waals surface area contributed by atoms with Crippen LogP contribution in [0.3, 0.4) is 0 Å². The van der Waals surface area contributed by atoms with Gasteiger partial charge in [-0.05, 0) is 38.3 Å². The maximum atomic E-state index is 12.3. The monoisotopic (exact) mass is 290 g/mol. The fourth-order valence-corrected chi connectivity index (χ4v) is 2.40. The number of likely N-dealkylation sites (N-methyl/N-ethyl adjacent to an activating group) is 1. The van der Waals surface area contributed by atoms with Crippen molar-refractivity contribution in [3.63, 3.8) is 0 Å². The Balaban J connectivity index is 2.32. The zero-order chi connectivity index (χ0) is 15.7. The molecule has 0 saturated heterocycles. The molecule has 0 saturated carbocycles.